The molecular weight excluding hydrogens is 272 g/mol. The van der Waals surface area contributed by atoms with E-state index in [4.69, 9.17) is 10.2 Å². The van der Waals surface area contributed by atoms with Crippen LogP contribution in [0, 0.1) is 6.92 Å². The number of thiophene rings is 1. The summed E-state index contributed by atoms with van der Waals surface area (Å²) < 4.78 is 5.22. The van der Waals surface area contributed by atoms with Gasteiger partial charge in [-0.05, 0) is 36.1 Å². The van der Waals surface area contributed by atoms with Crippen molar-refractivity contribution in [2.24, 2.45) is 0 Å². The van der Waals surface area contributed by atoms with Crippen LogP contribution in [0.2, 0.25) is 0 Å². The molecular formula is C14H14N4OS. The molecule has 20 heavy (non-hydrogen) atoms. The molecule has 2 aromatic heterocycles. The smallest absolute Gasteiger partial charge is 0.247 e. The Labute approximate surface area is 120 Å². The van der Waals surface area contributed by atoms with Crippen molar-refractivity contribution in [1.82, 2.24) is 10.2 Å². The molecule has 3 N–H and O–H groups in total. The summed E-state index contributed by atoms with van der Waals surface area (Å²) in [5, 5.41) is 13.0. The highest BCUT2D eigenvalue weighted by atomic mass is 32.1. The maximum absolute atomic E-state index is 5.89. The van der Waals surface area contributed by atoms with Gasteiger partial charge in [0.25, 0.3) is 0 Å². The van der Waals surface area contributed by atoms with Gasteiger partial charge in [0.2, 0.25) is 12.3 Å². The van der Waals surface area contributed by atoms with Gasteiger partial charge in [0.1, 0.15) is 0 Å². The van der Waals surface area contributed by atoms with Crippen LogP contribution in [-0.4, -0.2) is 10.2 Å². The van der Waals surface area contributed by atoms with Crippen LogP contribution in [0.1, 0.15) is 10.4 Å². The topological polar surface area (TPSA) is 77.0 Å². The fraction of sp³-hybridized carbons (Fsp3) is 0.143. The number of nitrogen functional groups attached to an aromatic ring is 1. The van der Waals surface area contributed by atoms with Crippen molar-refractivity contribution in [2.45, 2.75) is 13.5 Å². The summed E-state index contributed by atoms with van der Waals surface area (Å²) in [5.41, 5.74) is 9.80. The minimum absolute atomic E-state index is 0.517. The Hall–Kier alpha value is -2.34. The van der Waals surface area contributed by atoms with Gasteiger partial charge in [0.05, 0.1) is 6.54 Å². The van der Waals surface area contributed by atoms with Gasteiger partial charge in [-0.1, -0.05) is 6.07 Å². The average Bonchev–Trinajstić information content (AvgIpc) is 3.10. The van der Waals surface area contributed by atoms with Crippen LogP contribution in [0.5, 0.6) is 0 Å². The van der Waals surface area contributed by atoms with Crippen LogP contribution < -0.4 is 11.1 Å². The summed E-state index contributed by atoms with van der Waals surface area (Å²) in [7, 11) is 0. The van der Waals surface area contributed by atoms with Crippen molar-refractivity contribution >= 4 is 22.7 Å². The maximum atomic E-state index is 5.89. The molecule has 0 bridgehead atoms. The van der Waals surface area contributed by atoms with E-state index >= 15 is 0 Å². The van der Waals surface area contributed by atoms with Crippen molar-refractivity contribution in [2.75, 3.05) is 11.1 Å². The number of hydrogen-bond acceptors (Lipinski definition) is 6. The van der Waals surface area contributed by atoms with Gasteiger partial charge in [-0.2, -0.15) is 0 Å². The van der Waals surface area contributed by atoms with Crippen LogP contribution in [0.15, 0.2) is 40.5 Å². The molecule has 0 aliphatic rings. The fourth-order valence-corrected chi connectivity index (χ4v) is 2.65. The number of rotatable bonds is 4. The Morgan fingerprint density at radius 3 is 2.95 bits per heavy atom. The fourth-order valence-electron chi connectivity index (χ4n) is 1.91. The number of anilines is 2. The van der Waals surface area contributed by atoms with E-state index in [-0.39, 0.29) is 0 Å². The maximum Gasteiger partial charge on any atom is 0.247 e. The van der Waals surface area contributed by atoms with Crippen molar-refractivity contribution in [3.05, 3.63) is 46.5 Å². The third-order valence-electron chi connectivity index (χ3n) is 3.06. The number of aromatic nitrogens is 2. The number of aryl methyl sites for hydroxylation is 1. The summed E-state index contributed by atoms with van der Waals surface area (Å²) in [6, 6.07) is 7.92. The van der Waals surface area contributed by atoms with Crippen molar-refractivity contribution < 1.29 is 4.42 Å². The summed E-state index contributed by atoms with van der Waals surface area (Å²) in [4.78, 5) is 1.13. The third kappa shape index (κ3) is 2.50. The first-order chi connectivity index (χ1) is 9.74. The monoisotopic (exact) mass is 286 g/mol. The van der Waals surface area contributed by atoms with E-state index in [0.717, 1.165) is 27.4 Å². The molecule has 5 nitrogen and oxygen atoms in total. The number of nitrogens with one attached hydrogen (secondary N) is 1. The van der Waals surface area contributed by atoms with E-state index in [1.54, 1.807) is 11.3 Å². The molecule has 3 rings (SSSR count). The van der Waals surface area contributed by atoms with Crippen LogP contribution in [-0.2, 0) is 6.54 Å². The molecule has 1 aromatic carbocycles. The summed E-state index contributed by atoms with van der Waals surface area (Å²) in [5.74, 6) is 0.517. The van der Waals surface area contributed by atoms with E-state index in [1.165, 1.54) is 6.39 Å². The Bertz CT molecular complexity index is 706. The highest BCUT2D eigenvalue weighted by Gasteiger charge is 2.07. The van der Waals surface area contributed by atoms with Gasteiger partial charge in [0, 0.05) is 21.8 Å². The summed E-state index contributed by atoms with van der Waals surface area (Å²) in [6.45, 7) is 2.76. The lowest BCUT2D eigenvalue weighted by atomic mass is 10.1. The van der Waals surface area contributed by atoms with Crippen molar-refractivity contribution in [3.63, 3.8) is 0 Å². The normalized spacial score (nSPS) is 10.7. The minimum Gasteiger partial charge on any atom is -0.423 e. The van der Waals surface area contributed by atoms with Gasteiger partial charge >= 0.3 is 0 Å². The molecule has 0 spiro atoms. The van der Waals surface area contributed by atoms with E-state index in [9.17, 15) is 0 Å². The summed E-state index contributed by atoms with van der Waals surface area (Å²) >= 11 is 1.65. The first kappa shape index (κ1) is 12.7. The second-order valence-corrected chi connectivity index (χ2v) is 5.43. The summed E-state index contributed by atoms with van der Waals surface area (Å²) in [6.07, 6.45) is 1.33. The molecule has 0 amide bonds. The van der Waals surface area contributed by atoms with Gasteiger partial charge in [-0.25, -0.2) is 0 Å². The lowest BCUT2D eigenvalue weighted by Crippen LogP contribution is -2.01. The average molecular weight is 286 g/mol. The van der Waals surface area contributed by atoms with E-state index < -0.39 is 0 Å². The van der Waals surface area contributed by atoms with E-state index in [2.05, 4.69) is 22.4 Å². The second kappa shape index (κ2) is 5.34. The van der Waals surface area contributed by atoms with Gasteiger partial charge < -0.3 is 15.5 Å². The molecule has 0 radical (unpaired) electrons. The number of hydrogen-bond donors (Lipinski definition) is 2. The molecule has 0 saturated heterocycles. The molecule has 3 aromatic rings. The molecule has 2 heterocycles. The van der Waals surface area contributed by atoms with E-state index in [1.807, 2.05) is 29.6 Å². The second-order valence-electron chi connectivity index (χ2n) is 4.43. The molecule has 0 atom stereocenters. The zero-order valence-corrected chi connectivity index (χ0v) is 11.8. The zero-order valence-electron chi connectivity index (χ0n) is 11.0. The first-order valence-corrected chi connectivity index (χ1v) is 7.05. The van der Waals surface area contributed by atoms with Gasteiger partial charge in [0.15, 0.2) is 0 Å². The van der Waals surface area contributed by atoms with Crippen LogP contribution in [0.3, 0.4) is 0 Å². The molecule has 0 aliphatic heterocycles. The Morgan fingerprint density at radius 1 is 1.35 bits per heavy atom. The standard InChI is InChI=1S/C14H14N4OS/c1-9-2-3-10(14-18-17-8-19-14)6-12(9)16-7-13-11(15)4-5-20-13/h2-6,8,16H,7,15H2,1H3. The highest BCUT2D eigenvalue weighted by Crippen LogP contribution is 2.26. The lowest BCUT2D eigenvalue weighted by Gasteiger charge is -2.10. The van der Waals surface area contributed by atoms with Crippen LogP contribution in [0.4, 0.5) is 11.4 Å². The van der Waals surface area contributed by atoms with E-state index in [0.29, 0.717) is 12.4 Å². The zero-order chi connectivity index (χ0) is 13.9. The third-order valence-corrected chi connectivity index (χ3v) is 4.00. The van der Waals surface area contributed by atoms with Crippen LogP contribution >= 0.6 is 11.3 Å². The molecule has 6 heteroatoms. The largest absolute Gasteiger partial charge is 0.423 e. The van der Waals surface area contributed by atoms with Gasteiger partial charge in [-0.3, -0.25) is 0 Å². The van der Waals surface area contributed by atoms with Crippen molar-refractivity contribution in [1.29, 1.82) is 0 Å². The molecule has 0 saturated carbocycles. The van der Waals surface area contributed by atoms with Crippen molar-refractivity contribution in [3.8, 4) is 11.5 Å². The Kier molecular flexibility index (Phi) is 3.39. The molecule has 0 unspecified atom stereocenters. The lowest BCUT2D eigenvalue weighted by molar-refractivity contribution is 0.568. The predicted molar refractivity (Wildman–Crippen MR) is 80.5 cm³/mol. The Balaban J connectivity index is 1.82. The molecule has 0 aliphatic carbocycles. The molecule has 102 valence electrons. The van der Waals surface area contributed by atoms with Crippen LogP contribution in [0.25, 0.3) is 11.5 Å². The number of benzene rings is 1. The Morgan fingerprint density at radius 2 is 2.25 bits per heavy atom. The quantitative estimate of drug-likeness (QED) is 0.769. The highest BCUT2D eigenvalue weighted by molar-refractivity contribution is 7.10. The minimum atomic E-state index is 0.517. The first-order valence-electron chi connectivity index (χ1n) is 6.17. The predicted octanol–water partition coefficient (Wildman–Crippen LogP) is 3.30. The number of nitrogens with two attached hydrogens (primary N) is 1. The molecule has 0 fully saturated rings. The number of nitrogens with zero attached hydrogens (tertiary/aromatic N) is 2. The SMILES string of the molecule is Cc1ccc(-c2nnco2)cc1NCc1sccc1N. The van der Waals surface area contributed by atoms with Gasteiger partial charge in [-0.15, -0.1) is 21.5 Å².